The van der Waals surface area contributed by atoms with Gasteiger partial charge in [-0.1, -0.05) is 5.21 Å². The summed E-state index contributed by atoms with van der Waals surface area (Å²) in [6, 6.07) is -0.774. The van der Waals surface area contributed by atoms with E-state index in [0.717, 1.165) is 0 Å². The Labute approximate surface area is 51.2 Å². The summed E-state index contributed by atoms with van der Waals surface area (Å²) >= 11 is 0. The molecule has 9 heavy (non-hydrogen) atoms. The summed E-state index contributed by atoms with van der Waals surface area (Å²) in [5.74, 6) is 0. The lowest BCUT2D eigenvalue weighted by Crippen LogP contribution is -2.11. The number of aromatic amines is 1. The maximum Gasteiger partial charge on any atom is 0.223 e. The number of hydrogen-bond donors (Lipinski definition) is 2. The number of rotatable bonds is 2. The van der Waals surface area contributed by atoms with Gasteiger partial charge in [-0.2, -0.15) is 0 Å². The average Bonchev–Trinajstić information content (AvgIpc) is 2.37. The van der Waals surface area contributed by atoms with Gasteiger partial charge in [0.2, 0.25) is 6.29 Å². The number of aromatic nitrogens is 3. The van der Waals surface area contributed by atoms with Gasteiger partial charge in [-0.15, -0.1) is 5.10 Å². The molecule has 3 N–H and O–H groups in total. The van der Waals surface area contributed by atoms with Crippen molar-refractivity contribution in [1.82, 2.24) is 15.4 Å². The highest BCUT2D eigenvalue weighted by Gasteiger charge is 2.06. The Morgan fingerprint density at radius 2 is 2.67 bits per heavy atom. The second-order valence-electron chi connectivity index (χ2n) is 1.49. The number of nitrogens with one attached hydrogen (secondary N) is 1. The molecule has 0 spiro atoms. The minimum absolute atomic E-state index is 0.407. The lowest BCUT2D eigenvalue weighted by atomic mass is 10.3. The largest absolute Gasteiger partial charge is 0.316 e. The molecule has 1 rings (SSSR count). The number of hydrogen-bond acceptors (Lipinski definition) is 4. The first-order valence-electron chi connectivity index (χ1n) is 2.34. The minimum Gasteiger partial charge on any atom is -0.316 e. The van der Waals surface area contributed by atoms with Crippen molar-refractivity contribution in [2.24, 2.45) is 5.73 Å². The van der Waals surface area contributed by atoms with Gasteiger partial charge in [0.1, 0.15) is 11.7 Å². The Morgan fingerprint density at radius 3 is 3.11 bits per heavy atom. The number of carbonyl (C=O) groups excluding carboxylic acids is 1. The van der Waals surface area contributed by atoms with Crippen molar-refractivity contribution in [3.05, 3.63) is 11.9 Å². The fourth-order valence-corrected chi connectivity index (χ4v) is 0.423. The van der Waals surface area contributed by atoms with Crippen molar-refractivity contribution in [3.8, 4) is 0 Å². The van der Waals surface area contributed by atoms with E-state index >= 15 is 0 Å². The van der Waals surface area contributed by atoms with Gasteiger partial charge >= 0.3 is 0 Å². The Morgan fingerprint density at radius 1 is 1.89 bits per heavy atom. The molecule has 1 heterocycles. The molecule has 0 aromatic carbocycles. The maximum atomic E-state index is 9.87. The number of nitrogens with zero attached hydrogens (tertiary/aromatic N) is 2. The fraction of sp³-hybridized carbons (Fsp3) is 0.250. The van der Waals surface area contributed by atoms with E-state index in [4.69, 9.17) is 5.73 Å². The molecular weight excluding hydrogens is 120 g/mol. The van der Waals surface area contributed by atoms with Gasteiger partial charge in [0, 0.05) is 6.20 Å². The van der Waals surface area contributed by atoms with Gasteiger partial charge in [0.25, 0.3) is 0 Å². The third-order valence-electron chi connectivity index (χ3n) is 0.881. The Balaban J connectivity index is 2.76. The molecule has 5 nitrogen and oxygen atoms in total. The first-order chi connectivity index (χ1) is 4.34. The SMILES string of the molecule is NC([C]=O)c1c[nH]nn1. The van der Waals surface area contributed by atoms with Crippen molar-refractivity contribution in [1.29, 1.82) is 0 Å². The van der Waals surface area contributed by atoms with Crippen LogP contribution in [0.5, 0.6) is 0 Å². The van der Waals surface area contributed by atoms with Crippen LogP contribution in [-0.4, -0.2) is 21.7 Å². The van der Waals surface area contributed by atoms with Crippen molar-refractivity contribution in [3.63, 3.8) is 0 Å². The molecule has 1 unspecified atom stereocenters. The molecule has 0 amide bonds. The molecule has 1 aromatic heterocycles. The van der Waals surface area contributed by atoms with Gasteiger partial charge in [-0.05, 0) is 0 Å². The van der Waals surface area contributed by atoms with Crippen LogP contribution in [0.3, 0.4) is 0 Å². The first-order valence-corrected chi connectivity index (χ1v) is 2.34. The Hall–Kier alpha value is -1.23. The second kappa shape index (κ2) is 2.36. The van der Waals surface area contributed by atoms with Crippen LogP contribution >= 0.6 is 0 Å². The second-order valence-corrected chi connectivity index (χ2v) is 1.49. The number of H-pyrrole nitrogens is 1. The quantitative estimate of drug-likeness (QED) is 0.526. The minimum atomic E-state index is -0.774. The molecular formula is C4H5N4O. The lowest BCUT2D eigenvalue weighted by Gasteiger charge is -1.91. The van der Waals surface area contributed by atoms with Gasteiger partial charge in [-0.3, -0.25) is 9.89 Å². The lowest BCUT2D eigenvalue weighted by molar-refractivity contribution is 0.543. The third-order valence-corrected chi connectivity index (χ3v) is 0.881. The summed E-state index contributed by atoms with van der Waals surface area (Å²) in [5.41, 5.74) is 5.60. The van der Waals surface area contributed by atoms with E-state index in [1.165, 1.54) is 6.20 Å². The zero-order chi connectivity index (χ0) is 6.69. The first kappa shape index (κ1) is 5.90. The molecule has 47 valence electrons. The van der Waals surface area contributed by atoms with Crippen molar-refractivity contribution < 1.29 is 4.79 Å². The summed E-state index contributed by atoms with van der Waals surface area (Å²) in [7, 11) is 0. The smallest absolute Gasteiger partial charge is 0.223 e. The molecule has 5 heteroatoms. The molecule has 1 radical (unpaired) electrons. The van der Waals surface area contributed by atoms with Crippen molar-refractivity contribution in [2.75, 3.05) is 0 Å². The van der Waals surface area contributed by atoms with Crippen LogP contribution in [0.25, 0.3) is 0 Å². The van der Waals surface area contributed by atoms with Gasteiger partial charge < -0.3 is 5.73 Å². The Kier molecular flexibility index (Phi) is 1.55. The molecule has 0 aliphatic rings. The van der Waals surface area contributed by atoms with Crippen molar-refractivity contribution in [2.45, 2.75) is 6.04 Å². The summed E-state index contributed by atoms with van der Waals surface area (Å²) < 4.78 is 0. The third kappa shape index (κ3) is 1.11. The van der Waals surface area contributed by atoms with Crippen LogP contribution in [0, 0.1) is 0 Å². The zero-order valence-electron chi connectivity index (χ0n) is 4.53. The topological polar surface area (TPSA) is 84.7 Å². The highest BCUT2D eigenvalue weighted by atomic mass is 16.1. The summed E-state index contributed by atoms with van der Waals surface area (Å²) in [4.78, 5) is 9.87. The van der Waals surface area contributed by atoms with Crippen LogP contribution in [0.4, 0.5) is 0 Å². The highest BCUT2D eigenvalue weighted by molar-refractivity contribution is 5.60. The van der Waals surface area contributed by atoms with Crippen LogP contribution in [0.1, 0.15) is 11.7 Å². The molecule has 1 aromatic rings. The van der Waals surface area contributed by atoms with E-state index in [1.807, 2.05) is 0 Å². The van der Waals surface area contributed by atoms with E-state index in [0.29, 0.717) is 5.69 Å². The summed E-state index contributed by atoms with van der Waals surface area (Å²) in [6.07, 6.45) is 3.03. The molecule has 0 aliphatic heterocycles. The zero-order valence-corrected chi connectivity index (χ0v) is 4.53. The van der Waals surface area contributed by atoms with E-state index in [1.54, 1.807) is 6.29 Å². The van der Waals surface area contributed by atoms with Crippen LogP contribution in [0.2, 0.25) is 0 Å². The van der Waals surface area contributed by atoms with E-state index in [9.17, 15) is 4.79 Å². The average molecular weight is 125 g/mol. The maximum absolute atomic E-state index is 9.87. The normalized spacial score (nSPS) is 13.0. The van der Waals surface area contributed by atoms with E-state index < -0.39 is 6.04 Å². The Bertz CT molecular complexity index is 182. The molecule has 0 bridgehead atoms. The fourth-order valence-electron chi connectivity index (χ4n) is 0.423. The number of nitrogens with two attached hydrogens (primary N) is 1. The van der Waals surface area contributed by atoms with Gasteiger partial charge in [-0.25, -0.2) is 0 Å². The summed E-state index contributed by atoms with van der Waals surface area (Å²) in [5, 5.41) is 9.28. The van der Waals surface area contributed by atoms with Crippen LogP contribution in [0.15, 0.2) is 6.20 Å². The molecule has 1 atom stereocenters. The monoisotopic (exact) mass is 125 g/mol. The van der Waals surface area contributed by atoms with E-state index in [-0.39, 0.29) is 0 Å². The predicted octanol–water partition coefficient (Wildman–Crippen LogP) is -1.09. The standard InChI is InChI=1S/C4H5N4O/c5-3(2-9)4-1-6-8-7-4/h1,3H,5H2,(H,6,7,8). The van der Waals surface area contributed by atoms with Crippen LogP contribution < -0.4 is 5.73 Å². The molecule has 0 aliphatic carbocycles. The van der Waals surface area contributed by atoms with Crippen LogP contribution in [-0.2, 0) is 4.79 Å². The van der Waals surface area contributed by atoms with Gasteiger partial charge in [0.05, 0.1) is 0 Å². The van der Waals surface area contributed by atoms with Crippen molar-refractivity contribution >= 4 is 6.29 Å². The van der Waals surface area contributed by atoms with Gasteiger partial charge in [0.15, 0.2) is 0 Å². The highest BCUT2D eigenvalue weighted by Crippen LogP contribution is 1.97. The molecule has 0 saturated carbocycles. The predicted molar refractivity (Wildman–Crippen MR) is 29.0 cm³/mol. The van der Waals surface area contributed by atoms with E-state index in [2.05, 4.69) is 15.4 Å². The molecule has 0 fully saturated rings. The summed E-state index contributed by atoms with van der Waals surface area (Å²) in [6.45, 7) is 0. The molecule has 0 saturated heterocycles.